The number of ether oxygens (including phenoxy) is 2. The maximum atomic E-state index is 13.6. The molecule has 1 fully saturated rings. The second kappa shape index (κ2) is 9.92. The fraction of sp³-hybridized carbons (Fsp3) is 0.333. The quantitative estimate of drug-likeness (QED) is 0.473. The summed E-state index contributed by atoms with van der Waals surface area (Å²) in [5.74, 6) is 1.51. The fourth-order valence-electron chi connectivity index (χ4n) is 3.63. The number of rotatable bonds is 7. The lowest BCUT2D eigenvalue weighted by molar-refractivity contribution is -0.122. The second-order valence-electron chi connectivity index (χ2n) is 7.29. The van der Waals surface area contributed by atoms with E-state index in [-0.39, 0.29) is 5.91 Å². The molecule has 2 aromatic rings. The highest BCUT2D eigenvalue weighted by atomic mass is 32.2. The van der Waals surface area contributed by atoms with Crippen molar-refractivity contribution in [3.05, 3.63) is 52.4 Å². The van der Waals surface area contributed by atoms with Crippen molar-refractivity contribution in [3.8, 4) is 11.5 Å². The third kappa shape index (κ3) is 4.21. The van der Waals surface area contributed by atoms with Crippen molar-refractivity contribution in [2.75, 3.05) is 32.2 Å². The predicted molar refractivity (Wildman–Crippen MR) is 133 cm³/mol. The zero-order valence-corrected chi connectivity index (χ0v) is 20.4. The van der Waals surface area contributed by atoms with Gasteiger partial charge in [0.25, 0.3) is 5.91 Å². The topological polar surface area (TPSA) is 54.4 Å². The van der Waals surface area contributed by atoms with Crippen LogP contribution in [0.3, 0.4) is 0 Å². The molecule has 4 rings (SSSR count). The third-order valence-electron chi connectivity index (χ3n) is 5.32. The van der Waals surface area contributed by atoms with Crippen LogP contribution >= 0.6 is 23.5 Å². The monoisotopic (exact) mass is 469 g/mol. The number of thioether (sulfide) groups is 2. The number of para-hydroxylation sites is 2. The number of aliphatic imine (C=N–C) groups is 1. The van der Waals surface area contributed by atoms with Crippen LogP contribution in [-0.2, 0) is 4.79 Å². The average Bonchev–Trinajstić information content (AvgIpc) is 3.34. The molecule has 2 aliphatic heterocycles. The zero-order valence-electron chi connectivity index (χ0n) is 18.8. The van der Waals surface area contributed by atoms with E-state index in [1.54, 1.807) is 30.9 Å². The lowest BCUT2D eigenvalue weighted by atomic mass is 10.2. The smallest absolute Gasteiger partial charge is 0.269 e. The van der Waals surface area contributed by atoms with E-state index in [0.29, 0.717) is 17.5 Å². The van der Waals surface area contributed by atoms with E-state index < -0.39 is 0 Å². The molecule has 2 heterocycles. The number of nitrogens with zero attached hydrogens (tertiary/aromatic N) is 3. The van der Waals surface area contributed by atoms with Crippen LogP contribution in [0, 0.1) is 0 Å². The van der Waals surface area contributed by atoms with Crippen LogP contribution in [0.5, 0.6) is 11.5 Å². The first-order valence-corrected chi connectivity index (χ1v) is 12.3. The van der Waals surface area contributed by atoms with Gasteiger partial charge in [-0.2, -0.15) is 0 Å². The normalized spacial score (nSPS) is 19.1. The molecule has 2 aliphatic rings. The van der Waals surface area contributed by atoms with Crippen molar-refractivity contribution < 1.29 is 14.3 Å². The molecule has 1 amide bonds. The number of benzene rings is 2. The molecule has 0 N–H and O–H groups in total. The molecule has 0 saturated carbocycles. The van der Waals surface area contributed by atoms with Gasteiger partial charge in [0.05, 0.1) is 19.9 Å². The number of unbranched alkanes of at least 4 members (excludes halogenated alkanes) is 1. The Hall–Kier alpha value is -2.58. The summed E-state index contributed by atoms with van der Waals surface area (Å²) in [4.78, 5) is 24.2. The van der Waals surface area contributed by atoms with Crippen LogP contribution in [-0.4, -0.2) is 43.3 Å². The number of methoxy groups -OCH3 is 2. The van der Waals surface area contributed by atoms with Gasteiger partial charge >= 0.3 is 0 Å². The van der Waals surface area contributed by atoms with Crippen LogP contribution in [0.1, 0.15) is 26.7 Å². The lowest BCUT2D eigenvalue weighted by Crippen LogP contribution is -2.30. The summed E-state index contributed by atoms with van der Waals surface area (Å²) in [7, 11) is 3.30. The van der Waals surface area contributed by atoms with Gasteiger partial charge in [-0.3, -0.25) is 9.69 Å². The largest absolute Gasteiger partial charge is 0.497 e. The predicted octanol–water partition coefficient (Wildman–Crippen LogP) is 5.87. The van der Waals surface area contributed by atoms with E-state index >= 15 is 0 Å². The molecular weight excluding hydrogens is 442 g/mol. The molecule has 0 radical (unpaired) electrons. The first kappa shape index (κ1) is 22.6. The Morgan fingerprint density at radius 2 is 1.81 bits per heavy atom. The lowest BCUT2D eigenvalue weighted by Gasteiger charge is -2.19. The summed E-state index contributed by atoms with van der Waals surface area (Å²) in [6.07, 6.45) is 1.92. The van der Waals surface area contributed by atoms with E-state index in [2.05, 4.69) is 24.8 Å². The van der Waals surface area contributed by atoms with Crippen LogP contribution in [0.4, 0.5) is 11.4 Å². The van der Waals surface area contributed by atoms with E-state index in [9.17, 15) is 4.79 Å². The van der Waals surface area contributed by atoms with Crippen LogP contribution < -0.4 is 14.4 Å². The first-order chi connectivity index (χ1) is 15.6. The van der Waals surface area contributed by atoms with Gasteiger partial charge in [-0.1, -0.05) is 37.2 Å². The minimum Gasteiger partial charge on any atom is -0.497 e. The highest BCUT2D eigenvalue weighted by Crippen LogP contribution is 2.51. The van der Waals surface area contributed by atoms with Gasteiger partial charge in [0.2, 0.25) is 0 Å². The number of carbonyl (C=O) groups is 1. The maximum Gasteiger partial charge on any atom is 0.269 e. The van der Waals surface area contributed by atoms with E-state index in [4.69, 9.17) is 14.5 Å². The summed E-state index contributed by atoms with van der Waals surface area (Å²) < 4.78 is 10.9. The van der Waals surface area contributed by atoms with Gasteiger partial charge in [0.15, 0.2) is 5.17 Å². The van der Waals surface area contributed by atoms with Crippen molar-refractivity contribution >= 4 is 46.0 Å². The summed E-state index contributed by atoms with van der Waals surface area (Å²) >= 11 is 3.08. The third-order valence-corrected chi connectivity index (χ3v) is 7.70. The summed E-state index contributed by atoms with van der Waals surface area (Å²) in [5.41, 5.74) is 1.79. The number of hydrogen-bond acceptors (Lipinski definition) is 7. The van der Waals surface area contributed by atoms with Crippen LogP contribution in [0.25, 0.3) is 0 Å². The van der Waals surface area contributed by atoms with Crippen molar-refractivity contribution in [1.29, 1.82) is 0 Å². The Morgan fingerprint density at radius 3 is 2.53 bits per heavy atom. The van der Waals surface area contributed by atoms with Crippen LogP contribution in [0.2, 0.25) is 0 Å². The minimum absolute atomic E-state index is 0.0119. The zero-order chi connectivity index (χ0) is 22.7. The molecular formula is C24H27N3O3S2. The van der Waals surface area contributed by atoms with E-state index in [1.165, 1.54) is 11.8 Å². The van der Waals surface area contributed by atoms with E-state index in [0.717, 1.165) is 51.3 Å². The Kier molecular flexibility index (Phi) is 7.01. The fourth-order valence-corrected chi connectivity index (χ4v) is 6.02. The molecule has 0 unspecified atom stereocenters. The standard InChI is InChI=1S/C24H27N3O3S2/c1-5-7-14-27-22(28)21(32-24(27)25-17-10-8-9-11-19(17)30-4)23-26(6-2)18-15-16(29-3)12-13-20(18)31-23/h8-13,15H,5-7,14H2,1-4H3/b23-21-,25-24?. The Balaban J connectivity index is 1.76. The summed E-state index contributed by atoms with van der Waals surface area (Å²) in [6, 6.07) is 13.7. The molecule has 0 spiro atoms. The second-order valence-corrected chi connectivity index (χ2v) is 9.30. The Morgan fingerprint density at radius 1 is 1.00 bits per heavy atom. The number of amides is 1. The van der Waals surface area contributed by atoms with Gasteiger partial charge in [0.1, 0.15) is 27.1 Å². The van der Waals surface area contributed by atoms with Gasteiger partial charge < -0.3 is 14.4 Å². The number of amidine groups is 1. The van der Waals surface area contributed by atoms with Gasteiger partial charge in [-0.05, 0) is 49.4 Å². The number of anilines is 1. The highest BCUT2D eigenvalue weighted by molar-refractivity contribution is 8.19. The molecule has 0 atom stereocenters. The molecule has 2 aromatic carbocycles. The minimum atomic E-state index is 0.0119. The summed E-state index contributed by atoms with van der Waals surface area (Å²) in [5, 5.41) is 1.65. The van der Waals surface area contributed by atoms with Crippen molar-refractivity contribution in [3.63, 3.8) is 0 Å². The number of hydrogen-bond donors (Lipinski definition) is 0. The molecule has 168 valence electrons. The van der Waals surface area contributed by atoms with Crippen molar-refractivity contribution in [2.24, 2.45) is 4.99 Å². The molecule has 8 heteroatoms. The molecule has 0 bridgehead atoms. The molecule has 1 saturated heterocycles. The van der Waals surface area contributed by atoms with Crippen molar-refractivity contribution in [2.45, 2.75) is 31.6 Å². The average molecular weight is 470 g/mol. The van der Waals surface area contributed by atoms with Crippen molar-refractivity contribution in [1.82, 2.24) is 4.90 Å². The Bertz CT molecular complexity index is 1080. The molecule has 0 aliphatic carbocycles. The number of fused-ring (bicyclic) bond motifs is 1. The maximum absolute atomic E-state index is 13.6. The molecule has 32 heavy (non-hydrogen) atoms. The first-order valence-electron chi connectivity index (χ1n) is 10.7. The highest BCUT2D eigenvalue weighted by Gasteiger charge is 2.39. The van der Waals surface area contributed by atoms with Gasteiger partial charge in [0, 0.05) is 24.1 Å². The Labute approximate surface area is 197 Å². The SMILES string of the molecule is CCCCN1C(=O)/C(=C2/Sc3ccc(OC)cc3N2CC)SC1=Nc1ccccc1OC. The van der Waals surface area contributed by atoms with Gasteiger partial charge in [-0.15, -0.1) is 0 Å². The molecule has 0 aromatic heterocycles. The number of carbonyl (C=O) groups excluding carboxylic acids is 1. The summed E-state index contributed by atoms with van der Waals surface area (Å²) in [6.45, 7) is 5.62. The molecule has 6 nitrogen and oxygen atoms in total. The van der Waals surface area contributed by atoms with Gasteiger partial charge in [-0.25, -0.2) is 4.99 Å². The van der Waals surface area contributed by atoms with Crippen LogP contribution in [0.15, 0.2) is 62.3 Å². The van der Waals surface area contributed by atoms with E-state index in [1.807, 2.05) is 36.4 Å².